The molecular formula is C42H52F2N7O5+. The Balaban J connectivity index is 0.992. The lowest BCUT2D eigenvalue weighted by Crippen LogP contribution is -2.58. The van der Waals surface area contributed by atoms with E-state index in [1.54, 1.807) is 22.7 Å². The summed E-state index contributed by atoms with van der Waals surface area (Å²) in [5.74, 6) is -1.76. The van der Waals surface area contributed by atoms with E-state index in [1.165, 1.54) is 45.3 Å². The van der Waals surface area contributed by atoms with Crippen molar-refractivity contribution in [3.63, 3.8) is 0 Å². The highest BCUT2D eigenvalue weighted by Crippen LogP contribution is 2.37. The van der Waals surface area contributed by atoms with Crippen molar-refractivity contribution in [1.29, 1.82) is 0 Å². The molecule has 14 heteroatoms. The van der Waals surface area contributed by atoms with Gasteiger partial charge in [0.2, 0.25) is 5.82 Å². The summed E-state index contributed by atoms with van der Waals surface area (Å²) in [6, 6.07) is 7.23. The Hall–Kier alpha value is -4.95. The quantitative estimate of drug-likeness (QED) is 0.115. The number of methoxy groups -OCH3 is 2. The molecule has 2 aliphatic heterocycles. The van der Waals surface area contributed by atoms with Gasteiger partial charge in [0.15, 0.2) is 23.0 Å². The molecule has 12 nitrogen and oxygen atoms in total. The first-order valence-corrected chi connectivity index (χ1v) is 19.7. The molecule has 3 aliphatic rings. The van der Waals surface area contributed by atoms with Crippen LogP contribution in [0.3, 0.4) is 0 Å². The van der Waals surface area contributed by atoms with E-state index in [1.807, 2.05) is 13.0 Å². The lowest BCUT2D eigenvalue weighted by atomic mass is 9.73. The van der Waals surface area contributed by atoms with Crippen LogP contribution in [0.15, 0.2) is 48.9 Å². The monoisotopic (exact) mass is 772 g/mol. The van der Waals surface area contributed by atoms with E-state index >= 15 is 0 Å². The van der Waals surface area contributed by atoms with Crippen molar-refractivity contribution < 1.29 is 37.1 Å². The summed E-state index contributed by atoms with van der Waals surface area (Å²) < 4.78 is 42.3. The van der Waals surface area contributed by atoms with Gasteiger partial charge >= 0.3 is 5.97 Å². The fraction of sp³-hybridized carbons (Fsp3) is 0.500. The number of rotatable bonds is 13. The zero-order valence-corrected chi connectivity index (χ0v) is 32.6. The molecule has 3 fully saturated rings. The molecule has 298 valence electrons. The van der Waals surface area contributed by atoms with Crippen LogP contribution in [0.2, 0.25) is 0 Å². The van der Waals surface area contributed by atoms with Gasteiger partial charge in [0.1, 0.15) is 11.8 Å². The summed E-state index contributed by atoms with van der Waals surface area (Å²) >= 11 is 0. The largest absolute Gasteiger partial charge is 0.494 e. The smallest absolute Gasteiger partial charge is 0.328 e. The molecule has 0 bridgehead atoms. The Labute approximate surface area is 326 Å². The molecule has 0 radical (unpaired) electrons. The molecule has 1 unspecified atom stereocenters. The lowest BCUT2D eigenvalue weighted by molar-refractivity contribution is -0.918. The number of imidazole rings is 1. The van der Waals surface area contributed by atoms with Gasteiger partial charge in [0, 0.05) is 72.9 Å². The van der Waals surface area contributed by atoms with Crippen LogP contribution < -0.4 is 20.7 Å². The number of fused-ring (bicyclic) bond motifs is 1. The minimum atomic E-state index is -1.09. The van der Waals surface area contributed by atoms with Crippen molar-refractivity contribution in [2.75, 3.05) is 59.3 Å². The van der Waals surface area contributed by atoms with E-state index in [9.17, 15) is 23.2 Å². The molecule has 1 aliphatic carbocycles. The van der Waals surface area contributed by atoms with Crippen LogP contribution >= 0.6 is 0 Å². The summed E-state index contributed by atoms with van der Waals surface area (Å²) in [6.45, 7) is 7.42. The van der Waals surface area contributed by atoms with Gasteiger partial charge in [-0.25, -0.2) is 19.2 Å². The number of ketones is 1. The van der Waals surface area contributed by atoms with Gasteiger partial charge in [-0.1, -0.05) is 6.92 Å². The number of anilines is 2. The maximum absolute atomic E-state index is 15.0. The van der Waals surface area contributed by atoms with Crippen LogP contribution in [0.25, 0.3) is 16.9 Å². The van der Waals surface area contributed by atoms with E-state index in [0.717, 1.165) is 55.0 Å². The Morgan fingerprint density at radius 1 is 0.982 bits per heavy atom. The van der Waals surface area contributed by atoms with Crippen LogP contribution in [-0.2, 0) is 20.7 Å². The topological polar surface area (TPSA) is 136 Å². The fourth-order valence-electron chi connectivity index (χ4n) is 8.96. The third-order valence-corrected chi connectivity index (χ3v) is 12.4. The number of aromatic nitrogens is 3. The van der Waals surface area contributed by atoms with Gasteiger partial charge in [-0.3, -0.25) is 14.0 Å². The van der Waals surface area contributed by atoms with Gasteiger partial charge < -0.3 is 29.9 Å². The van der Waals surface area contributed by atoms with Gasteiger partial charge in [-0.15, -0.1) is 0 Å². The Kier molecular flexibility index (Phi) is 11.7. The molecule has 3 N–H and O–H groups in total. The maximum atomic E-state index is 15.0. The number of nitrogens with one attached hydrogen (secondary N) is 3. The second kappa shape index (κ2) is 16.6. The SMILES string of the molecule is CCc1cc(Nc2nccn3c(-c4ccc(OC)c(F)c4F)cnc23)ccc1C(=O)NC(C(=O)OC)C1CCC(C(=O)C2CC[N+](C)(CC3CNC3)CC2)CC1. The highest BCUT2D eigenvalue weighted by Gasteiger charge is 2.41. The number of hydrogen-bond donors (Lipinski definition) is 3. The highest BCUT2D eigenvalue weighted by atomic mass is 19.2. The minimum Gasteiger partial charge on any atom is -0.494 e. The number of benzene rings is 2. The molecule has 1 saturated carbocycles. The van der Waals surface area contributed by atoms with Crippen LogP contribution in [0.1, 0.15) is 61.4 Å². The van der Waals surface area contributed by atoms with Crippen LogP contribution in [0.5, 0.6) is 5.75 Å². The van der Waals surface area contributed by atoms with Gasteiger partial charge in [-0.05, 0) is 73.9 Å². The van der Waals surface area contributed by atoms with Gasteiger partial charge in [0.25, 0.3) is 5.91 Å². The molecule has 2 aromatic carbocycles. The molecule has 7 rings (SSSR count). The number of esters is 1. The maximum Gasteiger partial charge on any atom is 0.328 e. The molecule has 4 heterocycles. The lowest BCUT2D eigenvalue weighted by Gasteiger charge is -2.44. The zero-order valence-electron chi connectivity index (χ0n) is 32.6. The number of nitrogens with zero attached hydrogens (tertiary/aromatic N) is 4. The minimum absolute atomic E-state index is 0.00908. The van der Waals surface area contributed by atoms with Crippen molar-refractivity contribution in [2.24, 2.45) is 23.7 Å². The predicted molar refractivity (Wildman–Crippen MR) is 208 cm³/mol. The van der Waals surface area contributed by atoms with Crippen LogP contribution in [-0.4, -0.2) is 96.5 Å². The van der Waals surface area contributed by atoms with E-state index < -0.39 is 23.6 Å². The number of halogens is 2. The van der Waals surface area contributed by atoms with Crippen molar-refractivity contribution in [2.45, 2.75) is 57.9 Å². The van der Waals surface area contributed by atoms with Gasteiger partial charge in [0.05, 0.1) is 52.8 Å². The van der Waals surface area contributed by atoms with E-state index in [2.05, 4.69) is 33.0 Å². The molecule has 1 atom stereocenters. The Bertz CT molecular complexity index is 2090. The first kappa shape index (κ1) is 39.3. The van der Waals surface area contributed by atoms with Crippen molar-refractivity contribution in [3.8, 4) is 17.0 Å². The average molecular weight is 773 g/mol. The second-order valence-corrected chi connectivity index (χ2v) is 15.9. The standard InChI is InChI=1S/C42H51F2N7O5/c1-5-26-20-30(48-39-40-47-23-33(50(40)17-16-46-39)32-12-13-34(55-3)36(44)35(32)43)10-11-31(26)41(53)49-37(42(54)56-4)27-6-8-28(9-7-27)38(52)29-14-18-51(2,19-15-29)24-25-21-45-22-25/h10-13,16-17,20,23,25,27-29,37,45H,5-9,14-15,18-19,21-22,24H2,1-4H3,(H-,46,48,49,53)/p+1. The molecule has 2 aromatic heterocycles. The van der Waals surface area contributed by atoms with E-state index in [4.69, 9.17) is 9.47 Å². The summed E-state index contributed by atoms with van der Waals surface area (Å²) in [6.07, 6.45) is 9.70. The number of piperidine rings is 1. The number of hydrogen-bond acceptors (Lipinski definition) is 9. The predicted octanol–water partition coefficient (Wildman–Crippen LogP) is 5.71. The summed E-state index contributed by atoms with van der Waals surface area (Å²) in [7, 11) is 4.93. The van der Waals surface area contributed by atoms with Crippen LogP contribution in [0.4, 0.5) is 20.3 Å². The third kappa shape index (κ3) is 7.99. The first-order chi connectivity index (χ1) is 27.0. The molecule has 2 saturated heterocycles. The van der Waals surface area contributed by atoms with Crippen molar-refractivity contribution >= 4 is 34.8 Å². The number of likely N-dealkylation sites (tertiary alicyclic amines) is 1. The molecule has 4 aromatic rings. The normalized spacial score (nSPS) is 23.2. The molecular weight excluding hydrogens is 721 g/mol. The first-order valence-electron chi connectivity index (χ1n) is 19.7. The van der Waals surface area contributed by atoms with Gasteiger partial charge in [-0.2, -0.15) is 4.39 Å². The average Bonchev–Trinajstić information content (AvgIpc) is 3.64. The van der Waals surface area contributed by atoms with Crippen molar-refractivity contribution in [1.82, 2.24) is 25.0 Å². The highest BCUT2D eigenvalue weighted by molar-refractivity contribution is 5.98. The van der Waals surface area contributed by atoms with E-state index in [0.29, 0.717) is 66.3 Å². The zero-order chi connectivity index (χ0) is 39.6. The summed E-state index contributed by atoms with van der Waals surface area (Å²) in [5, 5.41) is 9.60. The van der Waals surface area contributed by atoms with E-state index in [-0.39, 0.29) is 35.0 Å². The third-order valence-electron chi connectivity index (χ3n) is 12.4. The molecule has 1 amide bonds. The number of Topliss-reactive ketones (excluding diaryl/α,β-unsaturated/α-hetero) is 1. The number of carbonyl (C=O) groups excluding carboxylic acids is 3. The number of carbonyl (C=O) groups is 3. The molecule has 56 heavy (non-hydrogen) atoms. The Morgan fingerprint density at radius 3 is 2.38 bits per heavy atom. The number of ether oxygens (including phenoxy) is 2. The fourth-order valence-corrected chi connectivity index (χ4v) is 8.96. The number of amides is 1. The number of quaternary nitrogens is 1. The summed E-state index contributed by atoms with van der Waals surface area (Å²) in [5.41, 5.74) is 2.53. The second-order valence-electron chi connectivity index (χ2n) is 15.9. The Morgan fingerprint density at radius 2 is 1.71 bits per heavy atom. The van der Waals surface area contributed by atoms with Crippen molar-refractivity contribution in [3.05, 3.63) is 71.7 Å². The van der Waals surface area contributed by atoms with Crippen LogP contribution in [0, 0.1) is 35.3 Å². The summed E-state index contributed by atoms with van der Waals surface area (Å²) in [4.78, 5) is 49.4. The molecule has 0 spiro atoms. The number of aryl methyl sites for hydroxylation is 1.